The number of halogens is 1. The SMILES string of the molecule is O=C(CSc1ccccc1Cl)Nc1ccccc1CO. The number of nitrogens with one attached hydrogen (secondary N) is 1. The molecule has 0 bridgehead atoms. The summed E-state index contributed by atoms with van der Waals surface area (Å²) in [4.78, 5) is 12.8. The summed E-state index contributed by atoms with van der Waals surface area (Å²) >= 11 is 7.41. The Morgan fingerprint density at radius 3 is 2.60 bits per heavy atom. The average Bonchev–Trinajstić information content (AvgIpc) is 2.47. The Balaban J connectivity index is 1.95. The lowest BCUT2D eigenvalue weighted by Crippen LogP contribution is -2.15. The van der Waals surface area contributed by atoms with Gasteiger partial charge in [-0.2, -0.15) is 0 Å². The van der Waals surface area contributed by atoms with E-state index in [1.165, 1.54) is 11.8 Å². The molecular formula is C15H14ClNO2S. The third-order valence-electron chi connectivity index (χ3n) is 2.66. The quantitative estimate of drug-likeness (QED) is 0.830. The van der Waals surface area contributed by atoms with E-state index in [2.05, 4.69) is 5.32 Å². The van der Waals surface area contributed by atoms with Crippen LogP contribution < -0.4 is 5.32 Å². The summed E-state index contributed by atoms with van der Waals surface area (Å²) in [5.41, 5.74) is 1.34. The van der Waals surface area contributed by atoms with Crippen molar-refractivity contribution in [1.29, 1.82) is 0 Å². The first-order chi connectivity index (χ1) is 9.70. The molecule has 0 atom stereocenters. The Kier molecular flexibility index (Phi) is 5.47. The largest absolute Gasteiger partial charge is 0.392 e. The number of hydrogen-bond acceptors (Lipinski definition) is 3. The minimum atomic E-state index is -0.129. The second kappa shape index (κ2) is 7.33. The van der Waals surface area contributed by atoms with Crippen molar-refractivity contribution in [3.8, 4) is 0 Å². The highest BCUT2D eigenvalue weighted by atomic mass is 35.5. The molecule has 0 saturated carbocycles. The Hall–Kier alpha value is -1.49. The van der Waals surface area contributed by atoms with Crippen LogP contribution in [0.25, 0.3) is 0 Å². The lowest BCUT2D eigenvalue weighted by molar-refractivity contribution is -0.113. The lowest BCUT2D eigenvalue weighted by atomic mass is 10.2. The van der Waals surface area contributed by atoms with Crippen molar-refractivity contribution in [2.75, 3.05) is 11.1 Å². The number of anilines is 1. The van der Waals surface area contributed by atoms with E-state index in [0.717, 1.165) is 4.90 Å². The number of thioether (sulfide) groups is 1. The fourth-order valence-electron chi connectivity index (χ4n) is 1.67. The van der Waals surface area contributed by atoms with E-state index in [1.807, 2.05) is 30.3 Å². The predicted molar refractivity (Wildman–Crippen MR) is 83.2 cm³/mol. The van der Waals surface area contributed by atoms with Crippen LogP contribution in [0.3, 0.4) is 0 Å². The molecule has 0 aliphatic carbocycles. The number of carbonyl (C=O) groups is 1. The third kappa shape index (κ3) is 4.00. The number of carbonyl (C=O) groups excluding carboxylic acids is 1. The van der Waals surface area contributed by atoms with Gasteiger partial charge in [0.25, 0.3) is 0 Å². The van der Waals surface area contributed by atoms with Gasteiger partial charge in [0.15, 0.2) is 0 Å². The van der Waals surface area contributed by atoms with Crippen molar-refractivity contribution < 1.29 is 9.90 Å². The molecule has 0 radical (unpaired) electrons. The van der Waals surface area contributed by atoms with Crippen LogP contribution in [0.4, 0.5) is 5.69 Å². The van der Waals surface area contributed by atoms with Crippen molar-refractivity contribution in [2.45, 2.75) is 11.5 Å². The summed E-state index contributed by atoms with van der Waals surface area (Å²) in [6.45, 7) is -0.103. The van der Waals surface area contributed by atoms with Gasteiger partial charge >= 0.3 is 0 Å². The summed E-state index contributed by atoms with van der Waals surface area (Å²) in [6.07, 6.45) is 0. The Labute approximate surface area is 127 Å². The molecule has 3 nitrogen and oxygen atoms in total. The summed E-state index contributed by atoms with van der Waals surface area (Å²) in [5.74, 6) is 0.138. The predicted octanol–water partition coefficient (Wildman–Crippen LogP) is 3.56. The first-order valence-electron chi connectivity index (χ1n) is 6.06. The molecule has 2 aromatic carbocycles. The maximum Gasteiger partial charge on any atom is 0.234 e. The highest BCUT2D eigenvalue weighted by Gasteiger charge is 2.08. The van der Waals surface area contributed by atoms with Gasteiger partial charge < -0.3 is 10.4 Å². The Morgan fingerprint density at radius 2 is 1.85 bits per heavy atom. The van der Waals surface area contributed by atoms with Gasteiger partial charge in [0.2, 0.25) is 5.91 Å². The van der Waals surface area contributed by atoms with E-state index < -0.39 is 0 Å². The first kappa shape index (κ1) is 14.9. The van der Waals surface area contributed by atoms with Crippen molar-refractivity contribution in [1.82, 2.24) is 0 Å². The molecule has 0 aliphatic heterocycles. The second-order valence-electron chi connectivity index (χ2n) is 4.08. The smallest absolute Gasteiger partial charge is 0.234 e. The standard InChI is InChI=1S/C15H14ClNO2S/c16-12-6-2-4-8-14(12)20-10-15(19)17-13-7-3-1-5-11(13)9-18/h1-8,18H,9-10H2,(H,17,19). The summed E-state index contributed by atoms with van der Waals surface area (Å²) in [6, 6.07) is 14.6. The molecule has 0 aliphatic rings. The highest BCUT2D eigenvalue weighted by molar-refractivity contribution is 8.00. The first-order valence-corrected chi connectivity index (χ1v) is 7.43. The van der Waals surface area contributed by atoms with Crippen LogP contribution in [0.2, 0.25) is 5.02 Å². The zero-order valence-corrected chi connectivity index (χ0v) is 12.2. The maximum atomic E-state index is 11.9. The molecule has 2 rings (SSSR count). The van der Waals surface area contributed by atoms with Crippen molar-refractivity contribution in [3.63, 3.8) is 0 Å². The molecule has 0 fully saturated rings. The van der Waals surface area contributed by atoms with Crippen LogP contribution in [0.15, 0.2) is 53.4 Å². The maximum absolute atomic E-state index is 11.9. The summed E-state index contributed by atoms with van der Waals surface area (Å²) in [5, 5.41) is 12.6. The van der Waals surface area contributed by atoms with Gasteiger partial charge in [0, 0.05) is 16.1 Å². The normalized spacial score (nSPS) is 10.3. The van der Waals surface area contributed by atoms with Gasteiger partial charge in [0.1, 0.15) is 0 Å². The highest BCUT2D eigenvalue weighted by Crippen LogP contribution is 2.26. The van der Waals surface area contributed by atoms with Crippen LogP contribution in [0.1, 0.15) is 5.56 Å². The molecule has 0 unspecified atom stereocenters. The number of rotatable bonds is 5. The van der Waals surface area contributed by atoms with Crippen molar-refractivity contribution >= 4 is 35.0 Å². The third-order valence-corrected chi connectivity index (χ3v) is 4.17. The number of hydrogen-bond donors (Lipinski definition) is 2. The molecular weight excluding hydrogens is 294 g/mol. The number of para-hydroxylation sites is 1. The van der Waals surface area contributed by atoms with Crippen LogP contribution in [0.5, 0.6) is 0 Å². The van der Waals surface area contributed by atoms with Gasteiger partial charge in [-0.3, -0.25) is 4.79 Å². The number of amides is 1. The van der Waals surface area contributed by atoms with Gasteiger partial charge in [-0.25, -0.2) is 0 Å². The van der Waals surface area contributed by atoms with E-state index in [4.69, 9.17) is 11.6 Å². The zero-order chi connectivity index (χ0) is 14.4. The monoisotopic (exact) mass is 307 g/mol. The molecule has 2 aromatic rings. The van der Waals surface area contributed by atoms with Gasteiger partial charge in [0.05, 0.1) is 17.4 Å². The molecule has 2 N–H and O–H groups in total. The molecule has 0 aromatic heterocycles. The van der Waals surface area contributed by atoms with E-state index in [0.29, 0.717) is 16.3 Å². The van der Waals surface area contributed by atoms with Crippen LogP contribution in [0, 0.1) is 0 Å². The lowest BCUT2D eigenvalue weighted by Gasteiger charge is -2.09. The van der Waals surface area contributed by atoms with E-state index in [-0.39, 0.29) is 18.3 Å². The van der Waals surface area contributed by atoms with Gasteiger partial charge in [-0.1, -0.05) is 41.9 Å². The van der Waals surface area contributed by atoms with E-state index >= 15 is 0 Å². The molecule has 0 spiro atoms. The van der Waals surface area contributed by atoms with Gasteiger partial charge in [-0.05, 0) is 18.2 Å². The van der Waals surface area contributed by atoms with Gasteiger partial charge in [-0.15, -0.1) is 11.8 Å². The molecule has 104 valence electrons. The molecule has 0 saturated heterocycles. The number of aliphatic hydroxyl groups excluding tert-OH is 1. The number of benzene rings is 2. The fourth-order valence-corrected chi connectivity index (χ4v) is 2.71. The minimum absolute atomic E-state index is 0.103. The average molecular weight is 308 g/mol. The topological polar surface area (TPSA) is 49.3 Å². The van der Waals surface area contributed by atoms with Crippen molar-refractivity contribution in [3.05, 3.63) is 59.1 Å². The minimum Gasteiger partial charge on any atom is -0.392 e. The Bertz CT molecular complexity index is 604. The summed E-state index contributed by atoms with van der Waals surface area (Å²) < 4.78 is 0. The molecule has 20 heavy (non-hydrogen) atoms. The zero-order valence-electron chi connectivity index (χ0n) is 10.7. The van der Waals surface area contributed by atoms with Crippen LogP contribution >= 0.6 is 23.4 Å². The molecule has 1 amide bonds. The Morgan fingerprint density at radius 1 is 1.15 bits per heavy atom. The molecule has 5 heteroatoms. The summed E-state index contributed by atoms with van der Waals surface area (Å²) in [7, 11) is 0. The second-order valence-corrected chi connectivity index (χ2v) is 5.51. The van der Waals surface area contributed by atoms with E-state index in [9.17, 15) is 9.90 Å². The van der Waals surface area contributed by atoms with Crippen LogP contribution in [-0.2, 0) is 11.4 Å². The van der Waals surface area contributed by atoms with Crippen molar-refractivity contribution in [2.24, 2.45) is 0 Å². The van der Waals surface area contributed by atoms with E-state index in [1.54, 1.807) is 18.2 Å². The fraction of sp³-hybridized carbons (Fsp3) is 0.133. The molecule has 0 heterocycles. The van der Waals surface area contributed by atoms with Crippen LogP contribution in [-0.4, -0.2) is 16.8 Å². The number of aliphatic hydroxyl groups is 1.